The average molecular weight is 467 g/mol. The Kier molecular flexibility index (Phi) is 5.57. The van der Waals surface area contributed by atoms with Gasteiger partial charge in [0.05, 0.1) is 10.9 Å². The number of aromatic amines is 1. The number of H-pyrrole nitrogens is 1. The lowest BCUT2D eigenvalue weighted by atomic mass is 10.1. The van der Waals surface area contributed by atoms with E-state index in [1.807, 2.05) is 4.90 Å². The molecule has 1 aromatic heterocycles. The van der Waals surface area contributed by atoms with Crippen molar-refractivity contribution >= 4 is 34.7 Å². The molecule has 0 saturated carbocycles. The maximum absolute atomic E-state index is 13.1. The number of hydrogen-bond donors (Lipinski definition) is 1. The van der Waals surface area contributed by atoms with Gasteiger partial charge in [0.1, 0.15) is 0 Å². The van der Waals surface area contributed by atoms with Crippen LogP contribution in [0.25, 0.3) is 10.9 Å². The molecule has 172 valence electrons. The molecule has 1 atom stereocenters. The van der Waals surface area contributed by atoms with Crippen LogP contribution in [0.5, 0.6) is 11.5 Å². The summed E-state index contributed by atoms with van der Waals surface area (Å²) in [7, 11) is 0. The largest absolute Gasteiger partial charge is 0.454 e. The number of carbonyl (C=O) groups is 1. The number of piperazine rings is 1. The Morgan fingerprint density at radius 2 is 1.97 bits per heavy atom. The number of nitrogens with one attached hydrogen (secondary N) is 1. The first-order valence-electron chi connectivity index (χ1n) is 11.1. The maximum Gasteiger partial charge on any atom is 0.262 e. The van der Waals surface area contributed by atoms with Crippen molar-refractivity contribution in [1.82, 2.24) is 14.5 Å². The molecular weight excluding hydrogens is 440 g/mol. The van der Waals surface area contributed by atoms with Crippen molar-refractivity contribution in [3.05, 3.63) is 57.1 Å². The van der Waals surface area contributed by atoms with Crippen LogP contribution in [-0.2, 0) is 11.3 Å². The lowest BCUT2D eigenvalue weighted by Gasteiger charge is -2.41. The van der Waals surface area contributed by atoms with Gasteiger partial charge in [-0.3, -0.25) is 14.2 Å². The van der Waals surface area contributed by atoms with Crippen LogP contribution in [-0.4, -0.2) is 52.8 Å². The zero-order valence-electron chi connectivity index (χ0n) is 18.7. The van der Waals surface area contributed by atoms with Gasteiger partial charge in [-0.2, -0.15) is 0 Å². The molecule has 9 heteroatoms. The van der Waals surface area contributed by atoms with Crippen molar-refractivity contribution in [2.45, 2.75) is 32.9 Å². The number of benzene rings is 2. The van der Waals surface area contributed by atoms with Gasteiger partial charge in [-0.05, 0) is 49.8 Å². The third-order valence-electron chi connectivity index (χ3n) is 6.34. The van der Waals surface area contributed by atoms with Crippen molar-refractivity contribution in [3.63, 3.8) is 0 Å². The van der Waals surface area contributed by atoms with E-state index in [9.17, 15) is 9.59 Å². The Bertz CT molecular complexity index is 1350. The summed E-state index contributed by atoms with van der Waals surface area (Å²) < 4.78 is 12.5. The summed E-state index contributed by atoms with van der Waals surface area (Å²) in [6.07, 6.45) is 0.213. The second-order valence-corrected chi connectivity index (χ2v) is 9.00. The summed E-state index contributed by atoms with van der Waals surface area (Å²) in [6, 6.07) is 12.0. The zero-order valence-corrected chi connectivity index (χ0v) is 19.5. The fourth-order valence-electron chi connectivity index (χ4n) is 4.59. The Labute approximate surface area is 196 Å². The third-order valence-corrected chi connectivity index (χ3v) is 6.66. The lowest BCUT2D eigenvalue weighted by molar-refractivity contribution is -0.132. The van der Waals surface area contributed by atoms with Crippen LogP contribution in [0.1, 0.15) is 18.9 Å². The highest BCUT2D eigenvalue weighted by molar-refractivity contribution is 7.71. The second kappa shape index (κ2) is 8.55. The number of anilines is 1. The number of aryl methyl sites for hydroxylation is 1. The summed E-state index contributed by atoms with van der Waals surface area (Å²) in [5.41, 5.74) is 2.76. The van der Waals surface area contributed by atoms with E-state index in [0.29, 0.717) is 35.5 Å². The summed E-state index contributed by atoms with van der Waals surface area (Å²) >= 11 is 5.41. The summed E-state index contributed by atoms with van der Waals surface area (Å²) in [5.74, 6) is 1.14. The van der Waals surface area contributed by atoms with Crippen LogP contribution in [0.4, 0.5) is 5.69 Å². The number of hydrogen-bond acceptors (Lipinski definition) is 6. The van der Waals surface area contributed by atoms with Crippen LogP contribution in [0.3, 0.4) is 0 Å². The molecule has 5 rings (SSSR count). The third kappa shape index (κ3) is 4.08. The van der Waals surface area contributed by atoms with E-state index in [1.165, 1.54) is 15.8 Å². The molecule has 2 aromatic carbocycles. The molecule has 0 aliphatic carbocycles. The van der Waals surface area contributed by atoms with Crippen LogP contribution in [0, 0.1) is 11.7 Å². The molecule has 0 radical (unpaired) electrons. The van der Waals surface area contributed by atoms with Gasteiger partial charge in [-0.15, -0.1) is 0 Å². The highest BCUT2D eigenvalue weighted by atomic mass is 32.1. The summed E-state index contributed by atoms with van der Waals surface area (Å²) in [5, 5.41) is 0.459. The SMILES string of the molecule is Cc1cccc(N2CCN(C(=O)CCn3c(=S)[nH]c4cc5c(cc4c3=O)OCO5)C[C@@H]2C)c1. The molecule has 1 saturated heterocycles. The Hall–Kier alpha value is -3.33. The Balaban J connectivity index is 1.28. The average Bonchev–Trinajstić information content (AvgIpc) is 3.25. The fourth-order valence-corrected chi connectivity index (χ4v) is 4.87. The first-order chi connectivity index (χ1) is 15.9. The number of fused-ring (bicyclic) bond motifs is 2. The van der Waals surface area contributed by atoms with Crippen molar-refractivity contribution < 1.29 is 14.3 Å². The van der Waals surface area contributed by atoms with Crippen molar-refractivity contribution in [2.24, 2.45) is 0 Å². The van der Waals surface area contributed by atoms with Crippen LogP contribution < -0.4 is 19.9 Å². The molecule has 2 aliphatic rings. The van der Waals surface area contributed by atoms with E-state index >= 15 is 0 Å². The summed E-state index contributed by atoms with van der Waals surface area (Å²) in [4.78, 5) is 33.3. The number of rotatable bonds is 4. The van der Waals surface area contributed by atoms with Gasteiger partial charge in [0.25, 0.3) is 5.56 Å². The molecule has 1 fully saturated rings. The summed E-state index contributed by atoms with van der Waals surface area (Å²) in [6.45, 7) is 6.65. The lowest BCUT2D eigenvalue weighted by Crippen LogP contribution is -2.54. The predicted molar refractivity (Wildman–Crippen MR) is 129 cm³/mol. The first-order valence-corrected chi connectivity index (χ1v) is 11.5. The van der Waals surface area contributed by atoms with Crippen LogP contribution in [0.15, 0.2) is 41.2 Å². The molecule has 1 amide bonds. The molecule has 0 spiro atoms. The van der Waals surface area contributed by atoms with Crippen molar-refractivity contribution in [3.8, 4) is 11.5 Å². The van der Waals surface area contributed by atoms with Gasteiger partial charge < -0.3 is 24.3 Å². The molecule has 3 heterocycles. The van der Waals surface area contributed by atoms with E-state index < -0.39 is 0 Å². The highest BCUT2D eigenvalue weighted by Gasteiger charge is 2.27. The molecule has 3 aromatic rings. The fraction of sp³-hybridized carbons (Fsp3) is 0.375. The van der Waals surface area contributed by atoms with E-state index in [2.05, 4.69) is 48.0 Å². The minimum atomic E-state index is -0.238. The van der Waals surface area contributed by atoms with Gasteiger partial charge in [-0.25, -0.2) is 0 Å². The molecular formula is C24H26N4O4S. The van der Waals surface area contributed by atoms with Gasteiger partial charge in [0, 0.05) is 50.4 Å². The molecule has 0 unspecified atom stereocenters. The minimum absolute atomic E-state index is 0.0258. The predicted octanol–water partition coefficient (Wildman–Crippen LogP) is 3.22. The van der Waals surface area contributed by atoms with Gasteiger partial charge in [-0.1, -0.05) is 12.1 Å². The molecule has 0 bridgehead atoms. The molecule has 2 aliphatic heterocycles. The van der Waals surface area contributed by atoms with E-state index in [0.717, 1.165) is 6.54 Å². The van der Waals surface area contributed by atoms with E-state index in [4.69, 9.17) is 21.7 Å². The number of carbonyl (C=O) groups excluding carboxylic acids is 1. The van der Waals surface area contributed by atoms with E-state index in [1.54, 1.807) is 12.1 Å². The second-order valence-electron chi connectivity index (χ2n) is 8.61. The molecule has 1 N–H and O–H groups in total. The van der Waals surface area contributed by atoms with Gasteiger partial charge in [0.2, 0.25) is 12.7 Å². The number of aromatic nitrogens is 2. The molecule has 8 nitrogen and oxygen atoms in total. The van der Waals surface area contributed by atoms with Crippen molar-refractivity contribution in [1.29, 1.82) is 0 Å². The van der Waals surface area contributed by atoms with Gasteiger partial charge in [0.15, 0.2) is 16.3 Å². The normalized spacial score (nSPS) is 17.6. The van der Waals surface area contributed by atoms with Crippen LogP contribution in [0.2, 0.25) is 0 Å². The first kappa shape index (κ1) is 21.5. The smallest absolute Gasteiger partial charge is 0.262 e. The standard InChI is InChI=1S/C24H26N4O4S/c1-15-4-3-5-17(10-15)27-9-8-26(13-16(27)2)22(29)6-7-28-23(30)18-11-20-21(32-14-31-20)12-19(18)25-24(28)33/h3-5,10-12,16H,6-9,13-14H2,1-2H3,(H,25,33)/t16-/m0/s1. The quantitative estimate of drug-likeness (QED) is 0.595. The minimum Gasteiger partial charge on any atom is -0.454 e. The van der Waals surface area contributed by atoms with Crippen LogP contribution >= 0.6 is 12.2 Å². The number of amides is 1. The maximum atomic E-state index is 13.1. The van der Waals surface area contributed by atoms with Crippen molar-refractivity contribution in [2.75, 3.05) is 31.3 Å². The Morgan fingerprint density at radius 1 is 1.18 bits per heavy atom. The zero-order chi connectivity index (χ0) is 23.1. The number of ether oxygens (including phenoxy) is 2. The number of nitrogens with zero attached hydrogens (tertiary/aromatic N) is 3. The monoisotopic (exact) mass is 466 g/mol. The highest BCUT2D eigenvalue weighted by Crippen LogP contribution is 2.34. The molecule has 33 heavy (non-hydrogen) atoms. The Morgan fingerprint density at radius 3 is 2.73 bits per heavy atom. The van der Waals surface area contributed by atoms with E-state index in [-0.39, 0.29) is 42.0 Å². The topological polar surface area (TPSA) is 79.8 Å². The van der Waals surface area contributed by atoms with Gasteiger partial charge >= 0.3 is 0 Å².